The number of hydrogen-bond donors (Lipinski definition) is 0. The minimum Gasteiger partial charge on any atom is -0.464 e. The Morgan fingerprint density at radius 2 is 2.45 bits per heavy atom. The van der Waals surface area contributed by atoms with Gasteiger partial charge < -0.3 is 9.64 Å². The Balaban J connectivity index is 1.90. The van der Waals surface area contributed by atoms with Gasteiger partial charge >= 0.3 is 5.97 Å². The Morgan fingerprint density at radius 1 is 1.55 bits per heavy atom. The summed E-state index contributed by atoms with van der Waals surface area (Å²) in [5.41, 5.74) is 0.577. The predicted molar refractivity (Wildman–Crippen MR) is 73.7 cm³/mol. The lowest BCUT2D eigenvalue weighted by atomic mass is 10.2. The normalized spacial score (nSPS) is 19.2. The molecule has 1 atom stereocenters. The predicted octanol–water partition coefficient (Wildman–Crippen LogP) is 0.00420. The second-order valence-electron chi connectivity index (χ2n) is 4.25. The fourth-order valence-electron chi connectivity index (χ4n) is 2.11. The van der Waals surface area contributed by atoms with Crippen LogP contribution in [-0.2, 0) is 9.53 Å². The number of ether oxygens (including phenoxy) is 1. The van der Waals surface area contributed by atoms with Gasteiger partial charge in [-0.25, -0.2) is 4.79 Å². The van der Waals surface area contributed by atoms with Crippen molar-refractivity contribution in [1.29, 1.82) is 0 Å². The molecule has 9 heteroatoms. The van der Waals surface area contributed by atoms with E-state index in [0.29, 0.717) is 23.8 Å². The highest BCUT2D eigenvalue weighted by atomic mass is 32.2. The van der Waals surface area contributed by atoms with Gasteiger partial charge in [0.15, 0.2) is 11.5 Å². The van der Waals surface area contributed by atoms with E-state index in [0.717, 1.165) is 12.3 Å². The summed E-state index contributed by atoms with van der Waals surface area (Å²) in [5.74, 6) is 2.13. The third-order valence-electron chi connectivity index (χ3n) is 3.04. The smallest absolute Gasteiger partial charge is 0.329 e. The van der Waals surface area contributed by atoms with Crippen molar-refractivity contribution in [2.24, 2.45) is 0 Å². The number of tetrazole rings is 1. The average molecular weight is 294 g/mol. The van der Waals surface area contributed by atoms with E-state index in [4.69, 9.17) is 4.74 Å². The van der Waals surface area contributed by atoms with Crippen LogP contribution in [0.2, 0.25) is 0 Å². The summed E-state index contributed by atoms with van der Waals surface area (Å²) in [6, 6.07) is 3.30. The van der Waals surface area contributed by atoms with Crippen LogP contribution in [0.1, 0.15) is 6.92 Å². The van der Waals surface area contributed by atoms with Crippen LogP contribution in [-0.4, -0.2) is 61.9 Å². The maximum absolute atomic E-state index is 12.0. The van der Waals surface area contributed by atoms with Crippen LogP contribution in [0.15, 0.2) is 12.1 Å². The fourth-order valence-corrected chi connectivity index (χ4v) is 3.14. The van der Waals surface area contributed by atoms with Gasteiger partial charge in [-0.1, -0.05) is 0 Å². The molecule has 0 aromatic carbocycles. The molecule has 8 nitrogen and oxygen atoms in total. The van der Waals surface area contributed by atoms with E-state index in [1.807, 2.05) is 17.9 Å². The molecule has 1 saturated heterocycles. The number of anilines is 1. The van der Waals surface area contributed by atoms with Gasteiger partial charge in [-0.15, -0.1) is 14.8 Å². The summed E-state index contributed by atoms with van der Waals surface area (Å²) < 4.78 is 6.50. The average Bonchev–Trinajstić information content (AvgIpc) is 2.95. The Bertz CT molecular complexity index is 618. The summed E-state index contributed by atoms with van der Waals surface area (Å²) in [6.45, 7) is 2.94. The molecule has 106 valence electrons. The highest BCUT2D eigenvalue weighted by Crippen LogP contribution is 2.23. The summed E-state index contributed by atoms with van der Waals surface area (Å²) in [6.07, 6.45) is 0. The number of rotatable bonds is 3. The first kappa shape index (κ1) is 13.1. The van der Waals surface area contributed by atoms with Gasteiger partial charge in [-0.2, -0.15) is 11.8 Å². The van der Waals surface area contributed by atoms with Crippen LogP contribution in [0.25, 0.3) is 5.65 Å². The Labute approximate surface area is 119 Å². The molecule has 2 aromatic rings. The largest absolute Gasteiger partial charge is 0.464 e. The number of nitrogens with zero attached hydrogens (tertiary/aromatic N) is 6. The van der Waals surface area contributed by atoms with Gasteiger partial charge in [0.2, 0.25) is 0 Å². The van der Waals surface area contributed by atoms with Crippen molar-refractivity contribution in [2.45, 2.75) is 13.0 Å². The van der Waals surface area contributed by atoms with Crippen molar-refractivity contribution in [3.8, 4) is 0 Å². The van der Waals surface area contributed by atoms with Gasteiger partial charge in [0, 0.05) is 18.1 Å². The van der Waals surface area contributed by atoms with Crippen molar-refractivity contribution in [3.05, 3.63) is 12.1 Å². The highest BCUT2D eigenvalue weighted by Gasteiger charge is 2.31. The van der Waals surface area contributed by atoms with Crippen molar-refractivity contribution in [2.75, 3.05) is 29.6 Å². The fraction of sp³-hybridized carbons (Fsp3) is 0.545. The molecule has 1 aliphatic rings. The second-order valence-corrected chi connectivity index (χ2v) is 5.40. The Morgan fingerprint density at radius 3 is 3.30 bits per heavy atom. The van der Waals surface area contributed by atoms with E-state index in [1.165, 1.54) is 4.63 Å². The molecule has 3 heterocycles. The van der Waals surface area contributed by atoms with Crippen LogP contribution in [0.3, 0.4) is 0 Å². The zero-order valence-corrected chi connectivity index (χ0v) is 11.8. The first-order valence-electron chi connectivity index (χ1n) is 6.36. The summed E-state index contributed by atoms with van der Waals surface area (Å²) >= 11 is 1.74. The number of hydrogen-bond acceptors (Lipinski definition) is 8. The topological polar surface area (TPSA) is 85.5 Å². The molecule has 0 radical (unpaired) electrons. The lowest BCUT2D eigenvalue weighted by Crippen LogP contribution is -2.48. The molecular formula is C11H14N6O2S. The molecular weight excluding hydrogens is 280 g/mol. The SMILES string of the molecule is CCOC(=O)[C@H]1CSCCN1c1ccc2nnnn2n1. The monoisotopic (exact) mass is 294 g/mol. The van der Waals surface area contributed by atoms with Gasteiger partial charge in [-0.05, 0) is 29.5 Å². The molecule has 0 aliphatic carbocycles. The number of fused-ring (bicyclic) bond motifs is 1. The highest BCUT2D eigenvalue weighted by molar-refractivity contribution is 7.99. The van der Waals surface area contributed by atoms with Crippen molar-refractivity contribution >= 4 is 29.2 Å². The number of carbonyl (C=O) groups excluding carboxylic acids is 1. The van der Waals surface area contributed by atoms with E-state index in [9.17, 15) is 4.79 Å². The van der Waals surface area contributed by atoms with E-state index in [-0.39, 0.29) is 12.0 Å². The maximum Gasteiger partial charge on any atom is 0.329 e. The molecule has 3 rings (SSSR count). The minimum atomic E-state index is -0.310. The van der Waals surface area contributed by atoms with Crippen LogP contribution < -0.4 is 4.90 Å². The van der Waals surface area contributed by atoms with Crippen molar-refractivity contribution in [3.63, 3.8) is 0 Å². The molecule has 1 aliphatic heterocycles. The van der Waals surface area contributed by atoms with E-state index < -0.39 is 0 Å². The summed E-state index contributed by atoms with van der Waals surface area (Å²) in [4.78, 5) is 14.0. The van der Waals surface area contributed by atoms with Crippen molar-refractivity contribution < 1.29 is 9.53 Å². The molecule has 0 unspecified atom stereocenters. The zero-order valence-electron chi connectivity index (χ0n) is 11.0. The van der Waals surface area contributed by atoms with Gasteiger partial charge in [0.05, 0.1) is 6.61 Å². The number of aromatic nitrogens is 5. The van der Waals surface area contributed by atoms with Crippen LogP contribution in [0.4, 0.5) is 5.82 Å². The standard InChI is InChI=1S/C11H14N6O2S/c1-2-19-11(18)8-7-20-6-5-16(8)10-4-3-9-12-14-15-17(9)13-10/h3-4,8H,2,5-7H2,1H3/t8-/m1/s1. The first-order valence-corrected chi connectivity index (χ1v) is 7.51. The van der Waals surface area contributed by atoms with Crippen LogP contribution >= 0.6 is 11.8 Å². The molecule has 0 N–H and O–H groups in total. The minimum absolute atomic E-state index is 0.210. The van der Waals surface area contributed by atoms with Gasteiger partial charge in [0.1, 0.15) is 6.04 Å². The maximum atomic E-state index is 12.0. The van der Waals surface area contributed by atoms with Crippen LogP contribution in [0, 0.1) is 0 Å². The number of carbonyl (C=O) groups is 1. The molecule has 20 heavy (non-hydrogen) atoms. The summed E-state index contributed by atoms with van der Waals surface area (Å²) in [7, 11) is 0. The number of thioether (sulfide) groups is 1. The third-order valence-corrected chi connectivity index (χ3v) is 4.06. The van der Waals surface area contributed by atoms with E-state index in [1.54, 1.807) is 17.8 Å². The Hall–Kier alpha value is -1.90. The molecule has 0 spiro atoms. The van der Waals surface area contributed by atoms with Gasteiger partial charge in [0.25, 0.3) is 0 Å². The molecule has 0 bridgehead atoms. The molecule has 2 aromatic heterocycles. The Kier molecular flexibility index (Phi) is 3.68. The van der Waals surface area contributed by atoms with Gasteiger partial charge in [-0.3, -0.25) is 0 Å². The quantitative estimate of drug-likeness (QED) is 0.732. The van der Waals surface area contributed by atoms with E-state index in [2.05, 4.69) is 20.6 Å². The lowest BCUT2D eigenvalue weighted by Gasteiger charge is -2.34. The molecule has 1 fully saturated rings. The molecule has 0 amide bonds. The zero-order chi connectivity index (χ0) is 13.9. The summed E-state index contributed by atoms with van der Waals surface area (Å²) in [5, 5.41) is 15.5. The molecule has 0 saturated carbocycles. The van der Waals surface area contributed by atoms with Crippen molar-refractivity contribution in [1.82, 2.24) is 25.3 Å². The number of esters is 1. The van der Waals surface area contributed by atoms with E-state index >= 15 is 0 Å². The third kappa shape index (κ3) is 2.40. The van der Waals surface area contributed by atoms with Crippen LogP contribution in [0.5, 0.6) is 0 Å². The lowest BCUT2D eigenvalue weighted by molar-refractivity contribution is -0.144. The first-order chi connectivity index (χ1) is 9.79. The second kappa shape index (κ2) is 5.61.